The summed E-state index contributed by atoms with van der Waals surface area (Å²) in [6.07, 6.45) is 0.990. The lowest BCUT2D eigenvalue weighted by Crippen LogP contribution is -2.73. The summed E-state index contributed by atoms with van der Waals surface area (Å²) in [6, 6.07) is 0. The molecule has 0 radical (unpaired) electrons. The molecule has 15 heavy (non-hydrogen) atoms. The Labute approximate surface area is 94.5 Å². The summed E-state index contributed by atoms with van der Waals surface area (Å²) in [4.78, 5) is 0. The van der Waals surface area contributed by atoms with Crippen molar-refractivity contribution in [1.29, 1.82) is 0 Å². The number of likely N-dealkylation sites (N-methyl/N-ethyl adjacent to an activating group) is 1. The zero-order chi connectivity index (χ0) is 11.4. The van der Waals surface area contributed by atoms with Gasteiger partial charge in [-0.05, 0) is 0 Å². The van der Waals surface area contributed by atoms with E-state index in [9.17, 15) is 0 Å². The topological polar surface area (TPSA) is 20.2 Å². The van der Waals surface area contributed by atoms with Crippen LogP contribution >= 0.6 is 0 Å². The minimum atomic E-state index is 0.367. The molecule has 3 fully saturated rings. The normalized spacial score (nSPS) is 38.4. The molecule has 0 amide bonds. The molecular weight excluding hydrogens is 188 g/mol. The van der Waals surface area contributed by atoms with Crippen molar-refractivity contribution in [2.24, 2.45) is 0 Å². The fraction of sp³-hybridized carbons (Fsp3) is 1.00. The van der Waals surface area contributed by atoms with Gasteiger partial charge in [-0.25, -0.2) is 0 Å². The molecule has 3 aliphatic rings. The molecule has 3 nitrogen and oxygen atoms in total. The number of rotatable bonds is 3. The lowest BCUT2D eigenvalue weighted by molar-refractivity contribution is -1.07. The van der Waals surface area contributed by atoms with E-state index in [4.69, 9.17) is 5.11 Å². The average molecular weight is 216 g/mol. The van der Waals surface area contributed by atoms with Gasteiger partial charge in [-0.3, -0.25) is 0 Å². The summed E-state index contributed by atoms with van der Waals surface area (Å²) >= 11 is 0. The number of quaternary nitrogens is 2. The Hall–Kier alpha value is -0.120. The van der Waals surface area contributed by atoms with E-state index in [1.54, 1.807) is 0 Å². The summed E-state index contributed by atoms with van der Waals surface area (Å²) in [5.41, 5.74) is 0. The zero-order valence-electron chi connectivity index (χ0n) is 10.7. The maximum absolute atomic E-state index is 8.86. The van der Waals surface area contributed by atoms with E-state index in [2.05, 4.69) is 7.05 Å². The number of fused-ring (bicyclic) bond motifs is 3. The van der Waals surface area contributed by atoms with Crippen LogP contribution < -0.4 is 0 Å². The van der Waals surface area contributed by atoms with Crippen molar-refractivity contribution in [2.45, 2.75) is 20.3 Å². The first-order valence-electron chi connectivity index (χ1n) is 6.48. The van der Waals surface area contributed by atoms with Crippen molar-refractivity contribution in [2.75, 3.05) is 59.5 Å². The molecule has 3 heterocycles. The molecule has 3 heteroatoms. The third-order valence-corrected chi connectivity index (χ3v) is 4.13. The van der Waals surface area contributed by atoms with Crippen molar-refractivity contribution in [3.63, 3.8) is 0 Å². The fourth-order valence-corrected chi connectivity index (χ4v) is 2.77. The molecule has 0 saturated carbocycles. The van der Waals surface area contributed by atoms with Crippen LogP contribution in [0.5, 0.6) is 0 Å². The number of aliphatic hydroxyl groups is 1. The van der Waals surface area contributed by atoms with Crippen LogP contribution in [0.25, 0.3) is 0 Å². The van der Waals surface area contributed by atoms with E-state index < -0.39 is 0 Å². The number of nitrogens with zero attached hydrogens (tertiary/aromatic N) is 2. The molecule has 0 spiro atoms. The van der Waals surface area contributed by atoms with Crippen LogP contribution in [0.1, 0.15) is 20.3 Å². The molecule has 3 saturated heterocycles. The fourth-order valence-electron chi connectivity index (χ4n) is 2.77. The highest BCUT2D eigenvalue weighted by molar-refractivity contribution is 4.59. The average Bonchev–Trinajstić information content (AvgIpc) is 2.31. The van der Waals surface area contributed by atoms with Crippen molar-refractivity contribution >= 4 is 0 Å². The van der Waals surface area contributed by atoms with Gasteiger partial charge in [-0.1, -0.05) is 13.8 Å². The van der Waals surface area contributed by atoms with Gasteiger partial charge < -0.3 is 14.1 Å². The van der Waals surface area contributed by atoms with Crippen LogP contribution in [0, 0.1) is 0 Å². The molecule has 2 bridgehead atoms. The Morgan fingerprint density at radius 2 is 1.40 bits per heavy atom. The molecule has 0 aromatic carbocycles. The van der Waals surface area contributed by atoms with E-state index in [1.165, 1.54) is 54.8 Å². The first kappa shape index (κ1) is 12.9. The standard InChI is InChI=1S/C10H22N2O.C2H6/c1-11-4-7-12(8-5-11,9-6-11)3-2-10-13;1-2/h13H,2-10H2,1H3;1-2H3/q+2;. The predicted octanol–water partition coefficient (Wildman–Crippen LogP) is 0.686. The van der Waals surface area contributed by atoms with Crippen LogP contribution in [-0.2, 0) is 0 Å². The number of piperazine rings is 3. The van der Waals surface area contributed by atoms with Crippen LogP contribution in [0.15, 0.2) is 0 Å². The Morgan fingerprint density at radius 1 is 0.933 bits per heavy atom. The largest absolute Gasteiger partial charge is 0.396 e. The Balaban J connectivity index is 0.000000531. The van der Waals surface area contributed by atoms with Gasteiger partial charge >= 0.3 is 0 Å². The first-order chi connectivity index (χ1) is 7.18. The van der Waals surface area contributed by atoms with Gasteiger partial charge in [0.05, 0.1) is 13.6 Å². The van der Waals surface area contributed by atoms with Gasteiger partial charge in [0, 0.05) is 13.0 Å². The van der Waals surface area contributed by atoms with Gasteiger partial charge in [0.15, 0.2) is 0 Å². The highest BCUT2D eigenvalue weighted by Crippen LogP contribution is 2.24. The molecule has 90 valence electrons. The van der Waals surface area contributed by atoms with Crippen molar-refractivity contribution < 1.29 is 14.1 Å². The summed E-state index contributed by atoms with van der Waals surface area (Å²) in [5.74, 6) is 0. The second kappa shape index (κ2) is 5.28. The number of aliphatic hydroxyl groups excluding tert-OH is 1. The van der Waals surface area contributed by atoms with Crippen molar-refractivity contribution in [1.82, 2.24) is 0 Å². The number of hydrogen-bond donors (Lipinski definition) is 1. The van der Waals surface area contributed by atoms with E-state index >= 15 is 0 Å². The van der Waals surface area contributed by atoms with Crippen molar-refractivity contribution in [3.8, 4) is 0 Å². The lowest BCUT2D eigenvalue weighted by Gasteiger charge is -2.54. The van der Waals surface area contributed by atoms with Crippen LogP contribution in [-0.4, -0.2) is 73.5 Å². The third-order valence-electron chi connectivity index (χ3n) is 4.13. The monoisotopic (exact) mass is 216 g/mol. The molecule has 0 atom stereocenters. The van der Waals surface area contributed by atoms with Gasteiger partial charge in [-0.2, -0.15) is 0 Å². The molecule has 0 aromatic rings. The van der Waals surface area contributed by atoms with Crippen LogP contribution in [0.4, 0.5) is 0 Å². The zero-order valence-corrected chi connectivity index (χ0v) is 10.7. The maximum Gasteiger partial charge on any atom is 0.129 e. The summed E-state index contributed by atoms with van der Waals surface area (Å²) in [7, 11) is 2.39. The molecule has 1 N–H and O–H groups in total. The van der Waals surface area contributed by atoms with Crippen LogP contribution in [0.3, 0.4) is 0 Å². The second-order valence-electron chi connectivity index (χ2n) is 5.10. The predicted molar refractivity (Wildman–Crippen MR) is 63.6 cm³/mol. The van der Waals surface area contributed by atoms with Crippen LogP contribution in [0.2, 0.25) is 0 Å². The minimum absolute atomic E-state index is 0.367. The van der Waals surface area contributed by atoms with Gasteiger partial charge in [0.1, 0.15) is 39.3 Å². The second-order valence-corrected chi connectivity index (χ2v) is 5.10. The highest BCUT2D eigenvalue weighted by Gasteiger charge is 2.45. The molecule has 3 rings (SSSR count). The van der Waals surface area contributed by atoms with Gasteiger partial charge in [-0.15, -0.1) is 0 Å². The summed E-state index contributed by atoms with van der Waals surface area (Å²) in [6.45, 7) is 13.7. The first-order valence-corrected chi connectivity index (χ1v) is 6.48. The van der Waals surface area contributed by atoms with E-state index in [1.807, 2.05) is 13.8 Å². The Morgan fingerprint density at radius 3 is 1.80 bits per heavy atom. The lowest BCUT2D eigenvalue weighted by atomic mass is 10.1. The minimum Gasteiger partial charge on any atom is -0.396 e. The summed E-state index contributed by atoms with van der Waals surface area (Å²) in [5, 5.41) is 8.86. The highest BCUT2D eigenvalue weighted by atomic mass is 16.3. The molecular formula is C12H28N2O+2. The Bertz CT molecular complexity index is 164. The maximum atomic E-state index is 8.86. The Kier molecular flexibility index (Phi) is 4.56. The molecule has 0 aromatic heterocycles. The molecule has 3 aliphatic heterocycles. The molecule has 0 aliphatic carbocycles. The summed E-state index contributed by atoms with van der Waals surface area (Å²) < 4.78 is 2.60. The van der Waals surface area contributed by atoms with E-state index in [0.717, 1.165) is 6.42 Å². The smallest absolute Gasteiger partial charge is 0.129 e. The molecule has 0 unspecified atom stereocenters. The van der Waals surface area contributed by atoms with E-state index in [0.29, 0.717) is 6.61 Å². The quantitative estimate of drug-likeness (QED) is 0.688. The third kappa shape index (κ3) is 2.92. The van der Waals surface area contributed by atoms with Crippen molar-refractivity contribution in [3.05, 3.63) is 0 Å². The number of hydrogen-bond acceptors (Lipinski definition) is 1. The van der Waals surface area contributed by atoms with Gasteiger partial charge in [0.25, 0.3) is 0 Å². The SMILES string of the molecule is CC.C[N+]12CC[N+](CCCO)(CC1)CC2. The van der Waals surface area contributed by atoms with E-state index in [-0.39, 0.29) is 0 Å². The van der Waals surface area contributed by atoms with Gasteiger partial charge in [0.2, 0.25) is 0 Å².